The van der Waals surface area contributed by atoms with Gasteiger partial charge in [-0.1, -0.05) is 58.7 Å². The Bertz CT molecular complexity index is 391. The number of hydrogen-bond donors (Lipinski definition) is 1. The van der Waals surface area contributed by atoms with E-state index in [1.807, 2.05) is 11.8 Å². The third-order valence-corrected chi connectivity index (χ3v) is 8.07. The number of rotatable bonds is 2. The molecule has 0 aromatic rings. The van der Waals surface area contributed by atoms with Crippen molar-refractivity contribution in [1.82, 2.24) is 5.32 Å². The van der Waals surface area contributed by atoms with Gasteiger partial charge in [-0.3, -0.25) is 4.99 Å². The summed E-state index contributed by atoms with van der Waals surface area (Å²) >= 11 is 1.98. The predicted molar refractivity (Wildman–Crippen MR) is 89.3 cm³/mol. The van der Waals surface area contributed by atoms with Gasteiger partial charge < -0.3 is 5.32 Å². The highest BCUT2D eigenvalue weighted by molar-refractivity contribution is 8.13. The predicted octanol–water partition coefficient (Wildman–Crippen LogP) is 4.31. The Kier molecular flexibility index (Phi) is 3.63. The first kappa shape index (κ1) is 14.7. The van der Waals surface area contributed by atoms with Gasteiger partial charge >= 0.3 is 0 Å². The number of nitrogens with zero attached hydrogens (tertiary/aromatic N) is 1. The zero-order valence-corrected chi connectivity index (χ0v) is 14.4. The van der Waals surface area contributed by atoms with E-state index in [2.05, 4.69) is 33.0 Å². The lowest BCUT2D eigenvalue weighted by molar-refractivity contribution is 0.232. The average molecular weight is 295 g/mol. The largest absolute Gasteiger partial charge is 0.365 e. The third-order valence-electron chi connectivity index (χ3n) is 6.76. The number of hydrogen-bond acceptors (Lipinski definition) is 3. The van der Waals surface area contributed by atoms with E-state index >= 15 is 0 Å². The minimum atomic E-state index is 0.477. The lowest BCUT2D eigenvalue weighted by Crippen LogP contribution is -2.37. The van der Waals surface area contributed by atoms with E-state index in [0.717, 1.165) is 19.0 Å². The fraction of sp³-hybridized carbons (Fsp3) is 0.941. The van der Waals surface area contributed by atoms with Crippen molar-refractivity contribution in [3.8, 4) is 0 Å². The van der Waals surface area contributed by atoms with Gasteiger partial charge in [-0.25, -0.2) is 0 Å². The van der Waals surface area contributed by atoms with Crippen LogP contribution in [0.1, 0.15) is 59.8 Å². The van der Waals surface area contributed by atoms with Crippen molar-refractivity contribution in [2.45, 2.75) is 59.8 Å². The Balaban J connectivity index is 1.51. The van der Waals surface area contributed by atoms with Crippen molar-refractivity contribution in [2.24, 2.45) is 27.2 Å². The molecular formula is C17H30N2S. The maximum Gasteiger partial charge on any atom is 0.156 e. The summed E-state index contributed by atoms with van der Waals surface area (Å²) in [4.78, 5) is 4.87. The van der Waals surface area contributed by atoms with Crippen molar-refractivity contribution in [3.05, 3.63) is 0 Å². The van der Waals surface area contributed by atoms with E-state index in [4.69, 9.17) is 4.99 Å². The average Bonchev–Trinajstić information content (AvgIpc) is 2.80. The minimum absolute atomic E-state index is 0.477. The van der Waals surface area contributed by atoms with Crippen LogP contribution in [0.5, 0.6) is 0 Å². The number of nitrogens with one attached hydrogen (secondary N) is 1. The third kappa shape index (κ3) is 2.40. The molecule has 2 aliphatic carbocycles. The van der Waals surface area contributed by atoms with Crippen molar-refractivity contribution in [3.63, 3.8) is 0 Å². The first-order chi connectivity index (χ1) is 9.37. The smallest absolute Gasteiger partial charge is 0.156 e. The summed E-state index contributed by atoms with van der Waals surface area (Å²) in [6, 6.07) is 0. The zero-order valence-electron chi connectivity index (χ0n) is 13.6. The minimum Gasteiger partial charge on any atom is -0.365 e. The molecule has 2 saturated carbocycles. The van der Waals surface area contributed by atoms with Crippen molar-refractivity contribution < 1.29 is 0 Å². The molecule has 1 N–H and O–H groups in total. The molecule has 3 rings (SSSR count). The molecule has 0 bridgehead atoms. The molecule has 114 valence electrons. The van der Waals surface area contributed by atoms with Crippen LogP contribution in [-0.4, -0.2) is 24.0 Å². The van der Waals surface area contributed by atoms with Crippen LogP contribution in [0, 0.1) is 22.2 Å². The summed E-state index contributed by atoms with van der Waals surface area (Å²) in [5, 5.41) is 4.84. The van der Waals surface area contributed by atoms with Gasteiger partial charge in [-0.15, -0.1) is 0 Å². The molecule has 0 amide bonds. The SMILES string of the molecule is CC1(C)C(CNC2=NCC3(CCCCC3)CS2)C1(C)C. The fourth-order valence-corrected chi connectivity index (χ4v) is 5.46. The van der Waals surface area contributed by atoms with Gasteiger partial charge in [0.15, 0.2) is 5.17 Å². The van der Waals surface area contributed by atoms with Gasteiger partial charge in [-0.05, 0) is 35.0 Å². The molecule has 3 aliphatic rings. The van der Waals surface area contributed by atoms with Gasteiger partial charge in [0.25, 0.3) is 0 Å². The van der Waals surface area contributed by atoms with Crippen LogP contribution in [0.3, 0.4) is 0 Å². The van der Waals surface area contributed by atoms with Crippen LogP contribution < -0.4 is 5.32 Å². The summed E-state index contributed by atoms with van der Waals surface area (Å²) in [6.45, 7) is 11.7. The standard InChI is InChI=1S/C17H30N2S/c1-15(2)13(16(15,3)4)10-18-14-19-11-17(12-20-14)8-6-5-7-9-17/h13H,5-12H2,1-4H3,(H,18,19). The lowest BCUT2D eigenvalue weighted by Gasteiger charge is -2.38. The second-order valence-electron chi connectivity index (χ2n) is 8.35. The Morgan fingerprint density at radius 1 is 1.10 bits per heavy atom. The van der Waals surface area contributed by atoms with Crippen molar-refractivity contribution in [2.75, 3.05) is 18.8 Å². The number of thioether (sulfide) groups is 1. The molecule has 2 nitrogen and oxygen atoms in total. The van der Waals surface area contributed by atoms with Crippen LogP contribution in [-0.2, 0) is 0 Å². The highest BCUT2D eigenvalue weighted by Gasteiger charge is 2.64. The quantitative estimate of drug-likeness (QED) is 0.820. The van der Waals surface area contributed by atoms with Crippen LogP contribution in [0.4, 0.5) is 0 Å². The van der Waals surface area contributed by atoms with E-state index in [1.165, 1.54) is 43.0 Å². The fourth-order valence-electron chi connectivity index (χ4n) is 4.30. The van der Waals surface area contributed by atoms with Gasteiger partial charge in [-0.2, -0.15) is 0 Å². The van der Waals surface area contributed by atoms with E-state index in [9.17, 15) is 0 Å². The molecule has 1 spiro atoms. The van der Waals surface area contributed by atoms with Crippen LogP contribution >= 0.6 is 11.8 Å². The van der Waals surface area contributed by atoms with Crippen LogP contribution in [0.25, 0.3) is 0 Å². The van der Waals surface area contributed by atoms with E-state index in [1.54, 1.807) is 0 Å². The monoisotopic (exact) mass is 294 g/mol. The molecule has 0 atom stereocenters. The van der Waals surface area contributed by atoms with Crippen molar-refractivity contribution in [1.29, 1.82) is 0 Å². The van der Waals surface area contributed by atoms with Crippen LogP contribution in [0.2, 0.25) is 0 Å². The Morgan fingerprint density at radius 3 is 2.25 bits per heavy atom. The molecule has 0 saturated heterocycles. The Labute approximate surface area is 128 Å². The Hall–Kier alpha value is -0.180. The molecule has 20 heavy (non-hydrogen) atoms. The van der Waals surface area contributed by atoms with Gasteiger partial charge in [0.2, 0.25) is 0 Å². The molecule has 0 aromatic heterocycles. The topological polar surface area (TPSA) is 24.4 Å². The first-order valence-corrected chi connectivity index (χ1v) is 9.27. The maximum absolute atomic E-state index is 4.87. The van der Waals surface area contributed by atoms with Gasteiger partial charge in [0, 0.05) is 18.8 Å². The van der Waals surface area contributed by atoms with Crippen molar-refractivity contribution >= 4 is 16.9 Å². The molecule has 1 aliphatic heterocycles. The highest BCUT2D eigenvalue weighted by Crippen LogP contribution is 2.67. The van der Waals surface area contributed by atoms with Crippen LogP contribution in [0.15, 0.2) is 4.99 Å². The highest BCUT2D eigenvalue weighted by atomic mass is 32.2. The van der Waals surface area contributed by atoms with E-state index < -0.39 is 0 Å². The zero-order chi connectivity index (χ0) is 14.4. The normalized spacial score (nSPS) is 30.9. The van der Waals surface area contributed by atoms with Gasteiger partial charge in [0.1, 0.15) is 0 Å². The van der Waals surface area contributed by atoms with Gasteiger partial charge in [0.05, 0.1) is 0 Å². The Morgan fingerprint density at radius 2 is 1.75 bits per heavy atom. The van der Waals surface area contributed by atoms with E-state index in [-0.39, 0.29) is 0 Å². The lowest BCUT2D eigenvalue weighted by atomic mass is 9.75. The summed E-state index contributed by atoms with van der Waals surface area (Å²) in [5.41, 5.74) is 1.50. The first-order valence-electron chi connectivity index (χ1n) is 8.29. The molecule has 3 heteroatoms. The molecule has 2 fully saturated rings. The van der Waals surface area contributed by atoms with E-state index in [0.29, 0.717) is 16.2 Å². The maximum atomic E-state index is 4.87. The summed E-state index contributed by atoms with van der Waals surface area (Å²) in [5.74, 6) is 2.07. The second-order valence-corrected chi connectivity index (χ2v) is 9.31. The molecule has 0 radical (unpaired) electrons. The second kappa shape index (κ2) is 4.93. The molecule has 1 heterocycles. The summed E-state index contributed by atoms with van der Waals surface area (Å²) in [6.07, 6.45) is 7.08. The summed E-state index contributed by atoms with van der Waals surface area (Å²) in [7, 11) is 0. The molecular weight excluding hydrogens is 264 g/mol. The molecule has 0 unspecified atom stereocenters. The number of amidine groups is 1. The number of aliphatic imine (C=N–C) groups is 1. The summed E-state index contributed by atoms with van der Waals surface area (Å²) < 4.78 is 0. The molecule has 0 aromatic carbocycles.